The highest BCUT2D eigenvalue weighted by atomic mass is 16.5. The van der Waals surface area contributed by atoms with Crippen LogP contribution in [0.25, 0.3) is 66.4 Å². The second kappa shape index (κ2) is 13.4. The van der Waals surface area contributed by atoms with Crippen LogP contribution in [0.5, 0.6) is 11.5 Å². The number of fused-ring (bicyclic) bond motifs is 6. The van der Waals surface area contributed by atoms with Gasteiger partial charge in [0.25, 0.3) is 0 Å². The van der Waals surface area contributed by atoms with Crippen molar-refractivity contribution < 1.29 is 4.74 Å². The number of ether oxygens (including phenoxy) is 1. The van der Waals surface area contributed by atoms with Gasteiger partial charge in [0.2, 0.25) is 0 Å². The minimum absolute atomic E-state index is 0.824. The first-order valence-electron chi connectivity index (χ1n) is 18.4. The van der Waals surface area contributed by atoms with E-state index in [-0.39, 0.29) is 0 Å². The normalized spacial score (nSPS) is 11.5. The molecule has 0 aliphatic carbocycles. The van der Waals surface area contributed by atoms with Crippen LogP contribution in [0.4, 0.5) is 17.1 Å². The molecule has 0 saturated carbocycles. The summed E-state index contributed by atoms with van der Waals surface area (Å²) in [5, 5.41) is 2.41. The third-order valence-electron chi connectivity index (χ3n) is 10.5. The van der Waals surface area contributed by atoms with Crippen molar-refractivity contribution in [1.29, 1.82) is 0 Å². The van der Waals surface area contributed by atoms with Gasteiger partial charge in [-0.1, -0.05) is 170 Å². The summed E-state index contributed by atoms with van der Waals surface area (Å²) >= 11 is 0. The highest BCUT2D eigenvalue weighted by Gasteiger charge is 2.27. The van der Waals surface area contributed by atoms with E-state index in [1.165, 1.54) is 33.0 Å². The van der Waals surface area contributed by atoms with E-state index in [0.29, 0.717) is 0 Å². The summed E-state index contributed by atoms with van der Waals surface area (Å²) in [4.78, 5) is 2.36. The number of hydrogen-bond donors (Lipinski definition) is 0. The minimum atomic E-state index is 0.824. The standard InChI is InChI=1S/C52H35NO/c1-4-14-36(15-5-1)38-26-29-42(30-27-38)53(43-31-28-37-16-10-11-21-41(37)34-43)44-32-33-50-49(35-44)47-24-12-22-45(39-17-6-2-7-18-39)51(47)48-25-13-23-46(52(48)54-50)40-19-8-3-9-20-40/h1-35H. The zero-order valence-electron chi connectivity index (χ0n) is 29.6. The molecule has 2 nitrogen and oxygen atoms in total. The molecule has 0 atom stereocenters. The molecule has 2 heteroatoms. The molecular weight excluding hydrogens is 655 g/mol. The molecule has 10 rings (SSSR count). The van der Waals surface area contributed by atoms with E-state index in [2.05, 4.69) is 217 Å². The molecule has 0 spiro atoms. The van der Waals surface area contributed by atoms with Gasteiger partial charge < -0.3 is 9.64 Å². The molecule has 0 unspecified atom stereocenters. The molecule has 1 aliphatic heterocycles. The molecular formula is C52H35NO. The van der Waals surface area contributed by atoms with Gasteiger partial charge in [0.15, 0.2) is 0 Å². The number of anilines is 3. The van der Waals surface area contributed by atoms with E-state index >= 15 is 0 Å². The lowest BCUT2D eigenvalue weighted by molar-refractivity contribution is 0.489. The molecule has 0 bridgehead atoms. The van der Waals surface area contributed by atoms with Gasteiger partial charge in [0.1, 0.15) is 11.5 Å². The Kier molecular flexibility index (Phi) is 7.85. The highest BCUT2D eigenvalue weighted by Crippen LogP contribution is 2.54. The molecule has 54 heavy (non-hydrogen) atoms. The van der Waals surface area contributed by atoms with Gasteiger partial charge in [0.05, 0.1) is 0 Å². The van der Waals surface area contributed by atoms with Crippen LogP contribution in [0.1, 0.15) is 0 Å². The lowest BCUT2D eigenvalue weighted by Crippen LogP contribution is -2.10. The fourth-order valence-electron chi connectivity index (χ4n) is 7.88. The van der Waals surface area contributed by atoms with Gasteiger partial charge in [-0.15, -0.1) is 0 Å². The van der Waals surface area contributed by atoms with Gasteiger partial charge in [-0.3, -0.25) is 0 Å². The van der Waals surface area contributed by atoms with Crippen LogP contribution in [0.3, 0.4) is 0 Å². The Morgan fingerprint density at radius 1 is 0.296 bits per heavy atom. The highest BCUT2D eigenvalue weighted by molar-refractivity contribution is 6.02. The maximum atomic E-state index is 7.11. The molecule has 0 saturated heterocycles. The number of hydrogen-bond acceptors (Lipinski definition) is 2. The van der Waals surface area contributed by atoms with Crippen molar-refractivity contribution in [2.45, 2.75) is 0 Å². The van der Waals surface area contributed by atoms with Crippen LogP contribution < -0.4 is 9.64 Å². The summed E-state index contributed by atoms with van der Waals surface area (Å²) in [7, 11) is 0. The Balaban J connectivity index is 1.20. The van der Waals surface area contributed by atoms with Gasteiger partial charge in [-0.2, -0.15) is 0 Å². The average molecular weight is 690 g/mol. The van der Waals surface area contributed by atoms with Crippen LogP contribution in [0.15, 0.2) is 212 Å². The van der Waals surface area contributed by atoms with Crippen LogP contribution in [0.2, 0.25) is 0 Å². The fraction of sp³-hybridized carbons (Fsp3) is 0. The van der Waals surface area contributed by atoms with Gasteiger partial charge in [0, 0.05) is 39.3 Å². The SMILES string of the molecule is c1ccc(-c2ccc(N(c3ccc4c(c3)-c3cccc(-c5ccccc5)c3-c3cccc(-c5ccccc5)c3O4)c3ccc4ccccc4c3)cc2)cc1. The summed E-state index contributed by atoms with van der Waals surface area (Å²) < 4.78 is 7.11. The predicted molar refractivity (Wildman–Crippen MR) is 226 cm³/mol. The van der Waals surface area contributed by atoms with Crippen molar-refractivity contribution in [3.63, 3.8) is 0 Å². The van der Waals surface area contributed by atoms with E-state index in [1.807, 2.05) is 0 Å². The van der Waals surface area contributed by atoms with E-state index in [1.54, 1.807) is 0 Å². The van der Waals surface area contributed by atoms with Crippen molar-refractivity contribution in [3.05, 3.63) is 212 Å². The molecule has 0 aromatic heterocycles. The third-order valence-corrected chi connectivity index (χ3v) is 10.5. The largest absolute Gasteiger partial charge is 0.455 e. The molecule has 0 amide bonds. The first-order valence-corrected chi connectivity index (χ1v) is 18.4. The molecule has 1 heterocycles. The fourth-order valence-corrected chi connectivity index (χ4v) is 7.88. The Morgan fingerprint density at radius 2 is 0.815 bits per heavy atom. The van der Waals surface area contributed by atoms with Crippen molar-refractivity contribution >= 4 is 27.8 Å². The number of benzene rings is 9. The predicted octanol–water partition coefficient (Wildman–Crippen LogP) is 14.8. The molecule has 9 aromatic rings. The Hall–Kier alpha value is -7.16. The zero-order chi connectivity index (χ0) is 35.8. The smallest absolute Gasteiger partial charge is 0.143 e. The lowest BCUT2D eigenvalue weighted by atomic mass is 9.86. The van der Waals surface area contributed by atoms with Crippen LogP contribution >= 0.6 is 0 Å². The van der Waals surface area contributed by atoms with Gasteiger partial charge in [-0.05, 0) is 86.6 Å². The number of rotatable bonds is 6. The Bertz CT molecular complexity index is 2770. The molecule has 0 fully saturated rings. The minimum Gasteiger partial charge on any atom is -0.455 e. The quantitative estimate of drug-likeness (QED) is 0.172. The van der Waals surface area contributed by atoms with Gasteiger partial charge >= 0.3 is 0 Å². The molecule has 0 radical (unpaired) electrons. The van der Waals surface area contributed by atoms with Crippen molar-refractivity contribution in [2.24, 2.45) is 0 Å². The summed E-state index contributed by atoms with van der Waals surface area (Å²) in [5.74, 6) is 1.69. The van der Waals surface area contributed by atoms with E-state index in [0.717, 1.165) is 61.9 Å². The molecule has 0 N–H and O–H groups in total. The maximum Gasteiger partial charge on any atom is 0.143 e. The van der Waals surface area contributed by atoms with Crippen molar-refractivity contribution in [1.82, 2.24) is 0 Å². The van der Waals surface area contributed by atoms with Crippen molar-refractivity contribution in [3.8, 4) is 67.1 Å². The van der Waals surface area contributed by atoms with Gasteiger partial charge in [-0.25, -0.2) is 0 Å². The Labute approximate surface area is 315 Å². The first-order chi connectivity index (χ1) is 26.8. The van der Waals surface area contributed by atoms with E-state index < -0.39 is 0 Å². The molecule has 254 valence electrons. The summed E-state index contributed by atoms with van der Waals surface area (Å²) in [6.45, 7) is 0. The number of para-hydroxylation sites is 1. The monoisotopic (exact) mass is 689 g/mol. The lowest BCUT2D eigenvalue weighted by Gasteiger charge is -2.27. The first kappa shape index (κ1) is 31.6. The topological polar surface area (TPSA) is 12.5 Å². The van der Waals surface area contributed by atoms with Crippen molar-refractivity contribution in [2.75, 3.05) is 4.90 Å². The second-order valence-electron chi connectivity index (χ2n) is 13.7. The zero-order valence-corrected chi connectivity index (χ0v) is 29.6. The number of nitrogens with zero attached hydrogens (tertiary/aromatic N) is 1. The summed E-state index contributed by atoms with van der Waals surface area (Å²) in [6.07, 6.45) is 0. The Morgan fingerprint density at radius 3 is 1.54 bits per heavy atom. The van der Waals surface area contributed by atoms with E-state index in [4.69, 9.17) is 4.74 Å². The molecule has 1 aliphatic rings. The van der Waals surface area contributed by atoms with Crippen LogP contribution in [-0.4, -0.2) is 0 Å². The van der Waals surface area contributed by atoms with Crippen LogP contribution in [0, 0.1) is 0 Å². The second-order valence-corrected chi connectivity index (χ2v) is 13.7. The summed E-state index contributed by atoms with van der Waals surface area (Å²) in [6, 6.07) is 75.7. The third kappa shape index (κ3) is 5.62. The average Bonchev–Trinajstić information content (AvgIpc) is 3.39. The van der Waals surface area contributed by atoms with E-state index in [9.17, 15) is 0 Å². The van der Waals surface area contributed by atoms with Crippen LogP contribution in [-0.2, 0) is 0 Å². The maximum absolute atomic E-state index is 7.11. The molecule has 9 aromatic carbocycles. The summed E-state index contributed by atoms with van der Waals surface area (Å²) in [5.41, 5.74) is 14.5.